The van der Waals surface area contributed by atoms with Crippen LogP contribution in [0.4, 0.5) is 5.82 Å². The average molecular weight is 246 g/mol. The summed E-state index contributed by atoms with van der Waals surface area (Å²) in [5.41, 5.74) is 3.78. The van der Waals surface area contributed by atoms with Crippen molar-refractivity contribution in [3.8, 4) is 0 Å². The standard InChI is InChI=1S/C12H14N4S/c1-9-2-4-10(5-3-9)17-8-12-14-7-6-11(15-12)16-13/h2-7H,8,13H2,1H3,(H,14,15,16). The number of nitrogens with zero attached hydrogens (tertiary/aromatic N) is 2. The van der Waals surface area contributed by atoms with Crippen molar-refractivity contribution in [2.45, 2.75) is 17.6 Å². The van der Waals surface area contributed by atoms with Gasteiger partial charge in [-0.3, -0.25) is 0 Å². The predicted octanol–water partition coefficient (Wildman–Crippen LogP) is 2.36. The quantitative estimate of drug-likeness (QED) is 0.492. The lowest BCUT2D eigenvalue weighted by molar-refractivity contribution is 1.03. The Morgan fingerprint density at radius 2 is 2.00 bits per heavy atom. The number of rotatable bonds is 4. The van der Waals surface area contributed by atoms with Crippen LogP contribution in [0.5, 0.6) is 0 Å². The first kappa shape index (κ1) is 11.9. The second-order valence-electron chi connectivity index (χ2n) is 3.60. The van der Waals surface area contributed by atoms with Crippen LogP contribution in [0.25, 0.3) is 0 Å². The summed E-state index contributed by atoms with van der Waals surface area (Å²) < 4.78 is 0. The molecule has 2 aromatic rings. The van der Waals surface area contributed by atoms with Gasteiger partial charge in [0.2, 0.25) is 0 Å². The number of thioether (sulfide) groups is 1. The molecule has 0 aliphatic carbocycles. The first-order valence-corrected chi connectivity index (χ1v) is 6.24. The van der Waals surface area contributed by atoms with Crippen LogP contribution in [0.3, 0.4) is 0 Å². The van der Waals surface area contributed by atoms with Gasteiger partial charge in [0.05, 0.1) is 5.75 Å². The van der Waals surface area contributed by atoms with Crippen molar-refractivity contribution in [3.05, 3.63) is 47.9 Å². The number of hydrazine groups is 1. The third-order valence-electron chi connectivity index (χ3n) is 2.24. The molecular weight excluding hydrogens is 232 g/mol. The summed E-state index contributed by atoms with van der Waals surface area (Å²) in [4.78, 5) is 9.66. The average Bonchev–Trinajstić information content (AvgIpc) is 2.38. The Morgan fingerprint density at radius 1 is 1.24 bits per heavy atom. The number of hydrogen-bond donors (Lipinski definition) is 2. The van der Waals surface area contributed by atoms with E-state index < -0.39 is 0 Å². The molecule has 0 aliphatic rings. The van der Waals surface area contributed by atoms with E-state index in [1.807, 2.05) is 0 Å². The Balaban J connectivity index is 1.99. The Kier molecular flexibility index (Phi) is 3.95. The van der Waals surface area contributed by atoms with Crippen LogP contribution in [-0.2, 0) is 5.75 Å². The molecular formula is C12H14N4S. The van der Waals surface area contributed by atoms with Crippen LogP contribution in [-0.4, -0.2) is 9.97 Å². The molecule has 0 aliphatic heterocycles. The molecule has 2 rings (SSSR count). The van der Waals surface area contributed by atoms with E-state index in [4.69, 9.17) is 5.84 Å². The highest BCUT2D eigenvalue weighted by molar-refractivity contribution is 7.98. The molecule has 1 aromatic carbocycles. The molecule has 0 saturated carbocycles. The zero-order valence-electron chi connectivity index (χ0n) is 9.55. The van der Waals surface area contributed by atoms with E-state index in [2.05, 4.69) is 46.6 Å². The topological polar surface area (TPSA) is 63.8 Å². The van der Waals surface area contributed by atoms with Gasteiger partial charge in [-0.1, -0.05) is 17.7 Å². The Bertz CT molecular complexity index is 484. The number of hydrogen-bond acceptors (Lipinski definition) is 5. The summed E-state index contributed by atoms with van der Waals surface area (Å²) in [6.45, 7) is 2.08. The van der Waals surface area contributed by atoms with Gasteiger partial charge < -0.3 is 5.43 Å². The van der Waals surface area contributed by atoms with E-state index >= 15 is 0 Å². The van der Waals surface area contributed by atoms with E-state index in [9.17, 15) is 0 Å². The SMILES string of the molecule is Cc1ccc(SCc2nccc(NN)n2)cc1. The minimum Gasteiger partial charge on any atom is -0.308 e. The fourth-order valence-electron chi connectivity index (χ4n) is 1.33. The van der Waals surface area contributed by atoms with Gasteiger partial charge in [-0.25, -0.2) is 15.8 Å². The molecule has 0 bridgehead atoms. The van der Waals surface area contributed by atoms with Gasteiger partial charge >= 0.3 is 0 Å². The molecule has 4 nitrogen and oxygen atoms in total. The van der Waals surface area contributed by atoms with Crippen molar-refractivity contribution < 1.29 is 0 Å². The molecule has 0 saturated heterocycles. The number of aryl methyl sites for hydroxylation is 1. The highest BCUT2D eigenvalue weighted by atomic mass is 32.2. The Labute approximate surface area is 105 Å². The number of benzene rings is 1. The van der Waals surface area contributed by atoms with Crippen molar-refractivity contribution >= 4 is 17.6 Å². The molecule has 17 heavy (non-hydrogen) atoms. The lowest BCUT2D eigenvalue weighted by Crippen LogP contribution is -2.09. The molecule has 5 heteroatoms. The van der Waals surface area contributed by atoms with Crippen LogP contribution in [0, 0.1) is 6.92 Å². The van der Waals surface area contributed by atoms with Crippen LogP contribution >= 0.6 is 11.8 Å². The normalized spacial score (nSPS) is 10.2. The highest BCUT2D eigenvalue weighted by Crippen LogP contribution is 2.21. The summed E-state index contributed by atoms with van der Waals surface area (Å²) in [6, 6.07) is 10.1. The maximum absolute atomic E-state index is 5.30. The van der Waals surface area contributed by atoms with Crippen molar-refractivity contribution in [3.63, 3.8) is 0 Å². The maximum atomic E-state index is 5.30. The lowest BCUT2D eigenvalue weighted by Gasteiger charge is -2.03. The van der Waals surface area contributed by atoms with Crippen LogP contribution in [0.2, 0.25) is 0 Å². The number of aromatic nitrogens is 2. The molecule has 0 unspecified atom stereocenters. The van der Waals surface area contributed by atoms with Gasteiger partial charge in [0.1, 0.15) is 11.6 Å². The van der Waals surface area contributed by atoms with Gasteiger partial charge in [-0.15, -0.1) is 11.8 Å². The molecule has 1 heterocycles. The molecule has 1 aromatic heterocycles. The minimum absolute atomic E-state index is 0.638. The van der Waals surface area contributed by atoms with Gasteiger partial charge in [0.15, 0.2) is 0 Å². The largest absolute Gasteiger partial charge is 0.308 e. The monoisotopic (exact) mass is 246 g/mol. The second kappa shape index (κ2) is 5.65. The van der Waals surface area contributed by atoms with E-state index in [0.29, 0.717) is 5.82 Å². The number of anilines is 1. The Hall–Kier alpha value is -1.59. The molecule has 0 spiro atoms. The first-order valence-electron chi connectivity index (χ1n) is 5.26. The third kappa shape index (κ3) is 3.44. The van der Waals surface area contributed by atoms with Crippen LogP contribution in [0.15, 0.2) is 41.4 Å². The summed E-state index contributed by atoms with van der Waals surface area (Å²) in [5.74, 6) is 7.44. The van der Waals surface area contributed by atoms with E-state index in [1.165, 1.54) is 10.5 Å². The first-order chi connectivity index (χ1) is 8.28. The van der Waals surface area contributed by atoms with Crippen molar-refractivity contribution in [2.75, 3.05) is 5.43 Å². The predicted molar refractivity (Wildman–Crippen MR) is 70.6 cm³/mol. The highest BCUT2D eigenvalue weighted by Gasteiger charge is 2.00. The molecule has 88 valence electrons. The van der Waals surface area contributed by atoms with E-state index in [0.717, 1.165) is 11.6 Å². The lowest BCUT2D eigenvalue weighted by atomic mass is 10.2. The second-order valence-corrected chi connectivity index (χ2v) is 4.65. The number of nitrogens with one attached hydrogen (secondary N) is 1. The fraction of sp³-hybridized carbons (Fsp3) is 0.167. The van der Waals surface area contributed by atoms with Crippen molar-refractivity contribution in [1.29, 1.82) is 0 Å². The fourth-order valence-corrected chi connectivity index (χ4v) is 2.09. The summed E-state index contributed by atoms with van der Waals surface area (Å²) >= 11 is 1.71. The summed E-state index contributed by atoms with van der Waals surface area (Å²) in [6.07, 6.45) is 1.70. The van der Waals surface area contributed by atoms with Gasteiger partial charge in [0.25, 0.3) is 0 Å². The molecule has 0 radical (unpaired) electrons. The molecule has 0 fully saturated rings. The minimum atomic E-state index is 0.638. The van der Waals surface area contributed by atoms with Crippen LogP contribution in [0.1, 0.15) is 11.4 Å². The molecule has 0 amide bonds. The molecule has 3 N–H and O–H groups in total. The maximum Gasteiger partial charge on any atom is 0.143 e. The smallest absolute Gasteiger partial charge is 0.143 e. The zero-order valence-corrected chi connectivity index (χ0v) is 10.4. The number of nitrogen functional groups attached to an aromatic ring is 1. The van der Waals surface area contributed by atoms with Crippen molar-refractivity contribution in [1.82, 2.24) is 9.97 Å². The van der Waals surface area contributed by atoms with E-state index in [1.54, 1.807) is 24.0 Å². The van der Waals surface area contributed by atoms with E-state index in [-0.39, 0.29) is 0 Å². The van der Waals surface area contributed by atoms with Gasteiger partial charge in [-0.05, 0) is 19.1 Å². The summed E-state index contributed by atoms with van der Waals surface area (Å²) in [5, 5.41) is 0. The van der Waals surface area contributed by atoms with Gasteiger partial charge in [0, 0.05) is 17.2 Å². The summed E-state index contributed by atoms with van der Waals surface area (Å²) in [7, 11) is 0. The Morgan fingerprint density at radius 3 is 2.71 bits per heavy atom. The van der Waals surface area contributed by atoms with Gasteiger partial charge in [-0.2, -0.15) is 0 Å². The van der Waals surface area contributed by atoms with Crippen LogP contribution < -0.4 is 11.3 Å². The van der Waals surface area contributed by atoms with Crippen molar-refractivity contribution in [2.24, 2.45) is 5.84 Å². The molecule has 0 atom stereocenters. The zero-order chi connectivity index (χ0) is 12.1. The number of nitrogens with two attached hydrogens (primary N) is 1. The third-order valence-corrected chi connectivity index (χ3v) is 3.25.